The van der Waals surface area contributed by atoms with Crippen molar-refractivity contribution in [2.75, 3.05) is 0 Å². The Morgan fingerprint density at radius 2 is 1.96 bits per heavy atom. The largest absolute Gasteiger partial charge is 0.335 e. The molecule has 1 saturated carbocycles. The van der Waals surface area contributed by atoms with Crippen molar-refractivity contribution in [1.82, 2.24) is 9.55 Å². The van der Waals surface area contributed by atoms with E-state index in [0.29, 0.717) is 17.0 Å². The second-order valence-corrected chi connectivity index (χ2v) is 8.44. The summed E-state index contributed by atoms with van der Waals surface area (Å²) in [5.41, 5.74) is 3.91. The number of nitrogens with zero attached hydrogens (tertiary/aromatic N) is 3. The maximum atomic E-state index is 11.3. The molecule has 7 heteroatoms. The van der Waals surface area contributed by atoms with Crippen LogP contribution in [-0.2, 0) is 10.1 Å². The van der Waals surface area contributed by atoms with Gasteiger partial charge in [0.1, 0.15) is 11.0 Å². The zero-order valence-corrected chi connectivity index (χ0v) is 15.7. The lowest BCUT2D eigenvalue weighted by molar-refractivity contribution is 0.483. The summed E-state index contributed by atoms with van der Waals surface area (Å²) >= 11 is 0. The summed E-state index contributed by atoms with van der Waals surface area (Å²) in [4.78, 5) is 4.00. The summed E-state index contributed by atoms with van der Waals surface area (Å²) in [6.45, 7) is 2.02. The molecule has 0 atom stereocenters. The molecule has 1 aliphatic rings. The number of benzene rings is 1. The van der Waals surface area contributed by atoms with Crippen LogP contribution in [0.1, 0.15) is 42.9 Å². The lowest BCUT2D eigenvalue weighted by atomic mass is 10.1. The van der Waals surface area contributed by atoms with E-state index in [0.717, 1.165) is 48.3 Å². The fourth-order valence-electron chi connectivity index (χ4n) is 4.00. The molecule has 3 aromatic rings. The lowest BCUT2D eigenvalue weighted by Gasteiger charge is -2.18. The van der Waals surface area contributed by atoms with E-state index >= 15 is 0 Å². The van der Waals surface area contributed by atoms with Gasteiger partial charge in [-0.15, -0.1) is 0 Å². The molecule has 1 aromatic carbocycles. The Labute approximate surface area is 157 Å². The molecule has 27 heavy (non-hydrogen) atoms. The summed E-state index contributed by atoms with van der Waals surface area (Å²) in [6, 6.07) is 11.5. The minimum Gasteiger partial charge on any atom is -0.335 e. The fourth-order valence-corrected chi connectivity index (χ4v) is 4.43. The summed E-state index contributed by atoms with van der Waals surface area (Å²) < 4.78 is 34.0. The molecule has 0 amide bonds. The Kier molecular flexibility index (Phi) is 4.25. The van der Waals surface area contributed by atoms with Gasteiger partial charge in [-0.05, 0) is 43.5 Å². The van der Waals surface area contributed by atoms with Gasteiger partial charge in [-0.2, -0.15) is 13.7 Å². The van der Waals surface area contributed by atoms with E-state index in [-0.39, 0.29) is 10.9 Å². The number of aryl methyl sites for hydroxylation is 1. The van der Waals surface area contributed by atoms with Crippen LogP contribution in [0, 0.1) is 18.3 Å². The van der Waals surface area contributed by atoms with Gasteiger partial charge in [0, 0.05) is 17.6 Å². The second kappa shape index (κ2) is 6.48. The summed E-state index contributed by atoms with van der Waals surface area (Å²) in [6.07, 6.45) is 5.50. The van der Waals surface area contributed by atoms with Gasteiger partial charge in [0.2, 0.25) is 0 Å². The molecule has 138 valence electrons. The highest BCUT2D eigenvalue weighted by Crippen LogP contribution is 2.41. The molecule has 4 rings (SSSR count). The van der Waals surface area contributed by atoms with E-state index in [4.69, 9.17) is 0 Å². The molecule has 2 heterocycles. The van der Waals surface area contributed by atoms with Gasteiger partial charge in [-0.1, -0.05) is 25.0 Å². The molecule has 0 aliphatic heterocycles. The van der Waals surface area contributed by atoms with Crippen LogP contribution in [0.5, 0.6) is 0 Å². The minimum atomic E-state index is -4.31. The maximum Gasteiger partial charge on any atom is 0.296 e. The van der Waals surface area contributed by atoms with Gasteiger partial charge in [0.25, 0.3) is 10.1 Å². The van der Waals surface area contributed by atoms with Gasteiger partial charge in [0.05, 0.1) is 22.5 Å². The van der Waals surface area contributed by atoms with Gasteiger partial charge >= 0.3 is 0 Å². The van der Waals surface area contributed by atoms with Gasteiger partial charge in [0.15, 0.2) is 0 Å². The first-order chi connectivity index (χ1) is 12.9. The van der Waals surface area contributed by atoms with Crippen LogP contribution in [0.3, 0.4) is 0 Å². The Morgan fingerprint density at radius 1 is 1.22 bits per heavy atom. The summed E-state index contributed by atoms with van der Waals surface area (Å²) in [5.74, 6) is 0. The maximum absolute atomic E-state index is 11.3. The van der Waals surface area contributed by atoms with Crippen molar-refractivity contribution >= 4 is 21.0 Å². The number of hydrogen-bond donors (Lipinski definition) is 1. The van der Waals surface area contributed by atoms with Crippen molar-refractivity contribution in [3.63, 3.8) is 0 Å². The number of rotatable bonds is 3. The highest BCUT2D eigenvalue weighted by molar-refractivity contribution is 7.85. The molecule has 1 N–H and O–H groups in total. The molecule has 1 fully saturated rings. The van der Waals surface area contributed by atoms with Crippen molar-refractivity contribution in [1.29, 1.82) is 5.26 Å². The normalized spacial score (nSPS) is 15.3. The van der Waals surface area contributed by atoms with E-state index in [1.54, 1.807) is 6.07 Å². The summed E-state index contributed by atoms with van der Waals surface area (Å²) in [5, 5.41) is 10.7. The van der Waals surface area contributed by atoms with Crippen LogP contribution >= 0.6 is 0 Å². The fraction of sp³-hybridized carbons (Fsp3) is 0.300. The molecule has 0 bridgehead atoms. The molecule has 0 radical (unpaired) electrons. The standard InChI is InChI=1S/C20H19N3O3S/c1-13-6-8-16-17(11-21)20(18-9-7-15(12-22-18)27(24,25)26)23(19(16)10-13)14-4-2-3-5-14/h6-10,12,14H,2-5H2,1H3,(H,24,25,26). The smallest absolute Gasteiger partial charge is 0.296 e. The van der Waals surface area contributed by atoms with Crippen LogP contribution in [0.4, 0.5) is 0 Å². The second-order valence-electron chi connectivity index (χ2n) is 7.02. The van der Waals surface area contributed by atoms with Crippen molar-refractivity contribution in [3.8, 4) is 17.5 Å². The molecule has 0 spiro atoms. The van der Waals surface area contributed by atoms with Crippen molar-refractivity contribution < 1.29 is 13.0 Å². The molecule has 6 nitrogen and oxygen atoms in total. The van der Waals surface area contributed by atoms with E-state index in [9.17, 15) is 18.2 Å². The van der Waals surface area contributed by atoms with Crippen molar-refractivity contribution in [3.05, 3.63) is 47.7 Å². The summed E-state index contributed by atoms with van der Waals surface area (Å²) in [7, 11) is -4.31. The quantitative estimate of drug-likeness (QED) is 0.684. The first-order valence-electron chi connectivity index (χ1n) is 8.88. The highest BCUT2D eigenvalue weighted by atomic mass is 32.2. The van der Waals surface area contributed by atoms with Gasteiger partial charge < -0.3 is 4.57 Å². The first-order valence-corrected chi connectivity index (χ1v) is 10.3. The molecule has 2 aromatic heterocycles. The number of fused-ring (bicyclic) bond motifs is 1. The van der Waals surface area contributed by atoms with Gasteiger partial charge in [-0.25, -0.2) is 0 Å². The van der Waals surface area contributed by atoms with Crippen LogP contribution < -0.4 is 0 Å². The number of hydrogen-bond acceptors (Lipinski definition) is 4. The predicted molar refractivity (Wildman–Crippen MR) is 102 cm³/mol. The third-order valence-corrected chi connectivity index (χ3v) is 6.08. The van der Waals surface area contributed by atoms with Crippen molar-refractivity contribution in [2.45, 2.75) is 43.5 Å². The highest BCUT2D eigenvalue weighted by Gasteiger charge is 2.27. The van der Waals surface area contributed by atoms with E-state index in [1.165, 1.54) is 6.07 Å². The molecule has 1 aliphatic carbocycles. The number of aromatic nitrogens is 2. The van der Waals surface area contributed by atoms with Crippen LogP contribution in [0.15, 0.2) is 41.4 Å². The zero-order valence-electron chi connectivity index (χ0n) is 14.9. The minimum absolute atomic E-state index is 0.260. The number of pyridine rings is 1. The topological polar surface area (TPSA) is 96.0 Å². The number of nitriles is 1. The van der Waals surface area contributed by atoms with Crippen LogP contribution in [0.2, 0.25) is 0 Å². The van der Waals surface area contributed by atoms with Crippen molar-refractivity contribution in [2.24, 2.45) is 0 Å². The predicted octanol–water partition coefficient (Wildman–Crippen LogP) is 4.25. The van der Waals surface area contributed by atoms with E-state index in [2.05, 4.69) is 21.7 Å². The van der Waals surface area contributed by atoms with Crippen LogP contribution in [0.25, 0.3) is 22.3 Å². The average molecular weight is 381 g/mol. The van der Waals surface area contributed by atoms with E-state index in [1.807, 2.05) is 19.1 Å². The Hall–Kier alpha value is -2.69. The molecule has 0 unspecified atom stereocenters. The molecular formula is C20H19N3O3S. The Balaban J connectivity index is 2.01. The Morgan fingerprint density at radius 3 is 2.56 bits per heavy atom. The average Bonchev–Trinajstić information content (AvgIpc) is 3.25. The Bertz CT molecular complexity index is 1170. The van der Waals surface area contributed by atoms with Crippen LogP contribution in [-0.4, -0.2) is 22.5 Å². The zero-order chi connectivity index (χ0) is 19.2. The third-order valence-electron chi connectivity index (χ3n) is 5.24. The van der Waals surface area contributed by atoms with E-state index < -0.39 is 10.1 Å². The third kappa shape index (κ3) is 3.01. The van der Waals surface area contributed by atoms with Gasteiger partial charge in [-0.3, -0.25) is 9.54 Å². The molecule has 0 saturated heterocycles. The lowest BCUT2D eigenvalue weighted by Crippen LogP contribution is -2.08. The monoisotopic (exact) mass is 381 g/mol. The first kappa shape index (κ1) is 17.7. The SMILES string of the molecule is Cc1ccc2c(C#N)c(-c3ccc(S(=O)(=O)O)cn3)n(C3CCCC3)c2c1. The molecular weight excluding hydrogens is 362 g/mol.